The van der Waals surface area contributed by atoms with E-state index in [0.29, 0.717) is 0 Å². The highest BCUT2D eigenvalue weighted by molar-refractivity contribution is 7.91. The molecule has 1 fully saturated rings. The number of pyridine rings is 1. The molecule has 10 heteroatoms. The van der Waals surface area contributed by atoms with E-state index in [4.69, 9.17) is 4.74 Å². The Kier molecular flexibility index (Phi) is 4.07. The summed E-state index contributed by atoms with van der Waals surface area (Å²) in [5, 5.41) is 1.66. The van der Waals surface area contributed by atoms with Gasteiger partial charge in [-0.15, -0.1) is 11.3 Å². The molecule has 3 heterocycles. The number of nitrogens with zero attached hydrogens (tertiary/aromatic N) is 2. The van der Waals surface area contributed by atoms with E-state index in [-0.39, 0.29) is 23.2 Å². The van der Waals surface area contributed by atoms with Gasteiger partial charge in [0, 0.05) is 12.3 Å². The standard InChI is InChI=1S/C13H11F3N2O3S2/c14-13(15,16)9-3-4-17-11(6-9)21-10-7-18(8-10)23(19,20)12-2-1-5-22-12/h1-6,10H,7-8H2. The smallest absolute Gasteiger partial charge is 0.416 e. The second kappa shape index (κ2) is 5.77. The number of aromatic nitrogens is 1. The highest BCUT2D eigenvalue weighted by atomic mass is 32.2. The lowest BCUT2D eigenvalue weighted by Crippen LogP contribution is -2.55. The van der Waals surface area contributed by atoms with E-state index in [1.807, 2.05) is 0 Å². The van der Waals surface area contributed by atoms with E-state index in [0.717, 1.165) is 29.7 Å². The summed E-state index contributed by atoms with van der Waals surface area (Å²) in [5.41, 5.74) is -0.857. The van der Waals surface area contributed by atoms with Crippen molar-refractivity contribution in [1.82, 2.24) is 9.29 Å². The Hall–Kier alpha value is -1.65. The maximum Gasteiger partial charge on any atom is 0.416 e. The van der Waals surface area contributed by atoms with Crippen molar-refractivity contribution in [2.45, 2.75) is 16.5 Å². The number of hydrogen-bond acceptors (Lipinski definition) is 5. The summed E-state index contributed by atoms with van der Waals surface area (Å²) < 4.78 is 68.9. The monoisotopic (exact) mass is 364 g/mol. The van der Waals surface area contributed by atoms with Gasteiger partial charge in [-0.05, 0) is 17.5 Å². The lowest BCUT2D eigenvalue weighted by Gasteiger charge is -2.37. The largest absolute Gasteiger partial charge is 0.472 e. The van der Waals surface area contributed by atoms with Crippen molar-refractivity contribution in [3.63, 3.8) is 0 Å². The topological polar surface area (TPSA) is 59.5 Å². The van der Waals surface area contributed by atoms with Crippen molar-refractivity contribution >= 4 is 21.4 Å². The van der Waals surface area contributed by atoms with Gasteiger partial charge in [0.25, 0.3) is 10.0 Å². The fourth-order valence-corrected chi connectivity index (χ4v) is 4.68. The average molecular weight is 364 g/mol. The zero-order chi connectivity index (χ0) is 16.7. The summed E-state index contributed by atoms with van der Waals surface area (Å²) in [6, 6.07) is 4.79. The molecular formula is C13H11F3N2O3S2. The first kappa shape index (κ1) is 16.2. The molecule has 1 aliphatic rings. The third-order valence-corrected chi connectivity index (χ3v) is 6.46. The molecule has 0 aliphatic carbocycles. The van der Waals surface area contributed by atoms with Crippen molar-refractivity contribution in [3.05, 3.63) is 41.4 Å². The first-order chi connectivity index (χ1) is 10.8. The van der Waals surface area contributed by atoms with Crippen LogP contribution in [-0.4, -0.2) is 36.9 Å². The van der Waals surface area contributed by atoms with Gasteiger partial charge in [0.2, 0.25) is 5.88 Å². The average Bonchev–Trinajstić information content (AvgIpc) is 2.96. The molecule has 5 nitrogen and oxygen atoms in total. The summed E-state index contributed by atoms with van der Waals surface area (Å²) in [6.45, 7) is 0.163. The summed E-state index contributed by atoms with van der Waals surface area (Å²) in [5.74, 6) is -0.169. The van der Waals surface area contributed by atoms with Gasteiger partial charge in [-0.3, -0.25) is 0 Å². The molecule has 0 unspecified atom stereocenters. The SMILES string of the molecule is O=S(=O)(c1cccs1)N1CC(Oc2cc(C(F)(F)F)ccn2)C1. The number of ether oxygens (including phenoxy) is 1. The van der Waals surface area contributed by atoms with E-state index in [2.05, 4.69) is 4.98 Å². The van der Waals surface area contributed by atoms with E-state index in [1.165, 1.54) is 10.4 Å². The minimum absolute atomic E-state index is 0.0815. The molecule has 2 aromatic heterocycles. The van der Waals surface area contributed by atoms with Gasteiger partial charge in [0.1, 0.15) is 10.3 Å². The molecule has 0 N–H and O–H groups in total. The maximum atomic E-state index is 12.6. The van der Waals surface area contributed by atoms with Gasteiger partial charge in [-0.25, -0.2) is 13.4 Å². The Morgan fingerprint density at radius 3 is 2.65 bits per heavy atom. The molecule has 2 aromatic rings. The fourth-order valence-electron chi connectivity index (χ4n) is 2.03. The van der Waals surface area contributed by atoms with Crippen LogP contribution in [0.1, 0.15) is 5.56 Å². The van der Waals surface area contributed by atoms with Crippen LogP contribution in [0.4, 0.5) is 13.2 Å². The summed E-state index contributed by atoms with van der Waals surface area (Å²) in [6.07, 6.45) is -3.98. The predicted octanol–water partition coefficient (Wildman–Crippen LogP) is 2.61. The summed E-state index contributed by atoms with van der Waals surface area (Å²) >= 11 is 1.11. The van der Waals surface area contributed by atoms with Gasteiger partial charge in [0.15, 0.2) is 0 Å². The normalized spacial score (nSPS) is 17.0. The second-order valence-electron chi connectivity index (χ2n) is 4.87. The highest BCUT2D eigenvalue weighted by Gasteiger charge is 2.39. The number of thiophene rings is 1. The van der Waals surface area contributed by atoms with Crippen LogP contribution in [0.3, 0.4) is 0 Å². The molecule has 0 radical (unpaired) electrons. The first-order valence-electron chi connectivity index (χ1n) is 6.50. The molecule has 0 saturated carbocycles. The number of halogens is 3. The van der Waals surface area contributed by atoms with Crippen LogP contribution in [-0.2, 0) is 16.2 Å². The van der Waals surface area contributed by atoms with E-state index >= 15 is 0 Å². The van der Waals surface area contributed by atoms with Crippen molar-refractivity contribution in [1.29, 1.82) is 0 Å². The highest BCUT2D eigenvalue weighted by Crippen LogP contribution is 2.31. The molecule has 0 atom stereocenters. The molecule has 0 bridgehead atoms. The van der Waals surface area contributed by atoms with Crippen molar-refractivity contribution in [2.75, 3.05) is 13.1 Å². The molecule has 124 valence electrons. The Morgan fingerprint density at radius 1 is 1.30 bits per heavy atom. The van der Waals surface area contributed by atoms with Gasteiger partial charge in [-0.1, -0.05) is 6.07 Å². The molecule has 1 saturated heterocycles. The lowest BCUT2D eigenvalue weighted by atomic mass is 10.2. The number of rotatable bonds is 4. The van der Waals surface area contributed by atoms with E-state index in [1.54, 1.807) is 11.4 Å². The van der Waals surface area contributed by atoms with E-state index in [9.17, 15) is 21.6 Å². The Balaban J connectivity index is 1.63. The Labute approximate surface area is 134 Å². The molecule has 3 rings (SSSR count). The number of hydrogen-bond donors (Lipinski definition) is 0. The van der Waals surface area contributed by atoms with Crippen molar-refractivity contribution in [3.8, 4) is 5.88 Å². The minimum Gasteiger partial charge on any atom is -0.472 e. The second-order valence-corrected chi connectivity index (χ2v) is 7.99. The van der Waals surface area contributed by atoms with Gasteiger partial charge >= 0.3 is 6.18 Å². The Morgan fingerprint density at radius 2 is 2.04 bits per heavy atom. The van der Waals surface area contributed by atoms with Crippen LogP contribution in [0.15, 0.2) is 40.1 Å². The maximum absolute atomic E-state index is 12.6. The Bertz CT molecular complexity index is 785. The molecule has 1 aliphatic heterocycles. The van der Waals surface area contributed by atoms with Crippen LogP contribution in [0.2, 0.25) is 0 Å². The fraction of sp³-hybridized carbons (Fsp3) is 0.308. The van der Waals surface area contributed by atoms with Gasteiger partial charge in [-0.2, -0.15) is 17.5 Å². The van der Waals surface area contributed by atoms with E-state index < -0.39 is 27.9 Å². The number of sulfonamides is 1. The molecule has 23 heavy (non-hydrogen) atoms. The first-order valence-corrected chi connectivity index (χ1v) is 8.82. The lowest BCUT2D eigenvalue weighted by molar-refractivity contribution is -0.137. The zero-order valence-electron chi connectivity index (χ0n) is 11.5. The third-order valence-electron chi connectivity index (χ3n) is 3.25. The van der Waals surface area contributed by atoms with Crippen LogP contribution < -0.4 is 4.74 Å². The molecule has 0 amide bonds. The summed E-state index contributed by atoms with van der Waals surface area (Å²) in [7, 11) is -3.54. The summed E-state index contributed by atoms with van der Waals surface area (Å²) in [4.78, 5) is 3.72. The quantitative estimate of drug-likeness (QED) is 0.837. The van der Waals surface area contributed by atoms with Crippen LogP contribution in [0, 0.1) is 0 Å². The van der Waals surface area contributed by atoms with Crippen LogP contribution in [0.25, 0.3) is 0 Å². The zero-order valence-corrected chi connectivity index (χ0v) is 13.2. The number of alkyl halides is 3. The molecule has 0 spiro atoms. The predicted molar refractivity (Wildman–Crippen MR) is 76.7 cm³/mol. The molecular weight excluding hydrogens is 353 g/mol. The van der Waals surface area contributed by atoms with Crippen molar-refractivity contribution in [2.24, 2.45) is 0 Å². The van der Waals surface area contributed by atoms with Gasteiger partial charge in [0.05, 0.1) is 18.7 Å². The van der Waals surface area contributed by atoms with Gasteiger partial charge < -0.3 is 4.74 Å². The van der Waals surface area contributed by atoms with Crippen molar-refractivity contribution < 1.29 is 26.3 Å². The minimum atomic E-state index is -4.48. The van der Waals surface area contributed by atoms with Crippen LogP contribution in [0.5, 0.6) is 5.88 Å². The third kappa shape index (κ3) is 3.33. The van der Waals surface area contributed by atoms with Crippen LogP contribution >= 0.6 is 11.3 Å². The molecule has 0 aromatic carbocycles.